The zero-order chi connectivity index (χ0) is 11.0. The third-order valence-corrected chi connectivity index (χ3v) is 2.55. The summed E-state index contributed by atoms with van der Waals surface area (Å²) in [6, 6.07) is 14.2. The lowest BCUT2D eigenvalue weighted by Crippen LogP contribution is -1.95. The number of para-hydroxylation sites is 1. The van der Waals surface area contributed by atoms with E-state index in [4.69, 9.17) is 0 Å². The number of nitrogens with zero attached hydrogens (tertiary/aromatic N) is 2. The number of halogens is 2. The van der Waals surface area contributed by atoms with Gasteiger partial charge in [0.1, 0.15) is 5.82 Å². The van der Waals surface area contributed by atoms with E-state index >= 15 is 0 Å². The maximum atomic E-state index is 12.8. The van der Waals surface area contributed by atoms with Gasteiger partial charge in [-0.05, 0) is 30.3 Å². The summed E-state index contributed by atoms with van der Waals surface area (Å²) in [6.07, 6.45) is 1.80. The van der Waals surface area contributed by atoms with Crippen LogP contribution in [-0.4, -0.2) is 9.78 Å². The largest absolute Gasteiger partial charge is 0.233 e. The Labute approximate surface area is 108 Å². The van der Waals surface area contributed by atoms with E-state index in [0.29, 0.717) is 0 Å². The summed E-state index contributed by atoms with van der Waals surface area (Å²) in [4.78, 5) is 0. The minimum absolute atomic E-state index is 0. The van der Waals surface area contributed by atoms with E-state index in [1.807, 2.05) is 24.3 Å². The van der Waals surface area contributed by atoms with Crippen LogP contribution in [0.4, 0.5) is 4.39 Å². The molecule has 0 radical (unpaired) electrons. The quantitative estimate of drug-likeness (QED) is 0.668. The van der Waals surface area contributed by atoms with Gasteiger partial charge in [0.05, 0.1) is 17.4 Å². The lowest BCUT2D eigenvalue weighted by Gasteiger charge is -2.02. The smallest absolute Gasteiger partial charge is 0.123 e. The molecule has 0 spiro atoms. The number of aromatic nitrogens is 2. The second-order valence-electron chi connectivity index (χ2n) is 3.59. The Morgan fingerprint density at radius 2 is 1.65 bits per heavy atom. The molecular weight excluding hydrogens is 283 g/mol. The van der Waals surface area contributed by atoms with Gasteiger partial charge in [-0.1, -0.05) is 18.2 Å². The first-order chi connectivity index (χ1) is 7.84. The lowest BCUT2D eigenvalue weighted by molar-refractivity contribution is 0.627. The molecule has 0 saturated heterocycles. The monoisotopic (exact) mass is 292 g/mol. The van der Waals surface area contributed by atoms with Crippen LogP contribution in [-0.2, 0) is 0 Å². The van der Waals surface area contributed by atoms with Crippen molar-refractivity contribution in [2.24, 2.45) is 0 Å². The summed E-state index contributed by atoms with van der Waals surface area (Å²) in [5, 5.41) is 5.37. The number of benzene rings is 2. The second-order valence-corrected chi connectivity index (χ2v) is 3.59. The van der Waals surface area contributed by atoms with Crippen LogP contribution in [0.25, 0.3) is 16.6 Å². The highest BCUT2D eigenvalue weighted by Crippen LogP contribution is 2.17. The number of fused-ring (bicyclic) bond motifs is 1. The van der Waals surface area contributed by atoms with E-state index in [1.54, 1.807) is 23.0 Å². The zero-order valence-corrected chi connectivity index (χ0v) is 10.6. The van der Waals surface area contributed by atoms with Crippen molar-refractivity contribution in [3.8, 4) is 5.69 Å². The summed E-state index contributed by atoms with van der Waals surface area (Å²) in [5.74, 6) is -0.236. The van der Waals surface area contributed by atoms with Crippen molar-refractivity contribution in [2.75, 3.05) is 0 Å². The van der Waals surface area contributed by atoms with E-state index < -0.39 is 0 Å². The molecule has 86 valence electrons. The van der Waals surface area contributed by atoms with Crippen molar-refractivity contribution in [3.05, 3.63) is 60.5 Å². The summed E-state index contributed by atoms with van der Waals surface area (Å²) in [7, 11) is 0. The Kier molecular flexibility index (Phi) is 3.24. The van der Waals surface area contributed by atoms with E-state index in [1.165, 1.54) is 12.1 Å². The highest BCUT2D eigenvalue weighted by molar-refractivity contribution is 8.93. The van der Waals surface area contributed by atoms with Crippen LogP contribution in [0.3, 0.4) is 0 Å². The first-order valence-electron chi connectivity index (χ1n) is 5.03. The van der Waals surface area contributed by atoms with Gasteiger partial charge in [0, 0.05) is 5.39 Å². The maximum Gasteiger partial charge on any atom is 0.123 e. The van der Waals surface area contributed by atoms with Crippen LogP contribution in [0, 0.1) is 5.82 Å². The van der Waals surface area contributed by atoms with Crippen molar-refractivity contribution in [1.29, 1.82) is 0 Å². The van der Waals surface area contributed by atoms with Gasteiger partial charge >= 0.3 is 0 Å². The van der Waals surface area contributed by atoms with Crippen molar-refractivity contribution >= 4 is 27.9 Å². The standard InChI is InChI=1S/C13H9FN2.BrH/c14-11-5-7-12(8-6-11)16-13-4-2-1-3-10(13)9-15-16;/h1-9H;1H. The van der Waals surface area contributed by atoms with Crippen LogP contribution in [0.5, 0.6) is 0 Å². The Balaban J connectivity index is 0.00000108. The molecule has 0 N–H and O–H groups in total. The van der Waals surface area contributed by atoms with Crippen LogP contribution in [0.1, 0.15) is 0 Å². The van der Waals surface area contributed by atoms with Crippen LogP contribution < -0.4 is 0 Å². The third-order valence-electron chi connectivity index (χ3n) is 2.55. The Bertz CT molecular complexity index is 631. The first kappa shape index (κ1) is 11.8. The SMILES string of the molecule is Br.Fc1ccc(-n2ncc3ccccc32)cc1. The van der Waals surface area contributed by atoms with Gasteiger partial charge in [-0.15, -0.1) is 17.0 Å². The van der Waals surface area contributed by atoms with Gasteiger partial charge in [-0.25, -0.2) is 9.07 Å². The molecule has 1 heterocycles. The predicted octanol–water partition coefficient (Wildman–Crippen LogP) is 3.74. The number of rotatable bonds is 1. The first-order valence-corrected chi connectivity index (χ1v) is 5.03. The Hall–Kier alpha value is -1.68. The van der Waals surface area contributed by atoms with Crippen molar-refractivity contribution in [3.63, 3.8) is 0 Å². The van der Waals surface area contributed by atoms with Gasteiger partial charge in [0.25, 0.3) is 0 Å². The fourth-order valence-corrected chi connectivity index (χ4v) is 1.76. The molecule has 1 aromatic heterocycles. The van der Waals surface area contributed by atoms with Crippen molar-refractivity contribution in [2.45, 2.75) is 0 Å². The molecule has 4 heteroatoms. The maximum absolute atomic E-state index is 12.8. The normalized spacial score (nSPS) is 10.2. The molecule has 0 aliphatic carbocycles. The summed E-state index contributed by atoms with van der Waals surface area (Å²) in [6.45, 7) is 0. The molecule has 0 unspecified atom stereocenters. The molecule has 0 bridgehead atoms. The van der Waals surface area contributed by atoms with Gasteiger partial charge in [-0.3, -0.25) is 0 Å². The van der Waals surface area contributed by atoms with Gasteiger partial charge in [0.15, 0.2) is 0 Å². The van der Waals surface area contributed by atoms with Crippen LogP contribution >= 0.6 is 17.0 Å². The number of hydrogen-bond acceptors (Lipinski definition) is 1. The van der Waals surface area contributed by atoms with E-state index in [9.17, 15) is 4.39 Å². The average molecular weight is 293 g/mol. The fourth-order valence-electron chi connectivity index (χ4n) is 1.76. The molecule has 0 fully saturated rings. The molecule has 0 atom stereocenters. The molecule has 0 saturated carbocycles. The fraction of sp³-hybridized carbons (Fsp3) is 0. The lowest BCUT2D eigenvalue weighted by atomic mass is 10.2. The molecule has 17 heavy (non-hydrogen) atoms. The summed E-state index contributed by atoms with van der Waals surface area (Å²) in [5.41, 5.74) is 1.89. The van der Waals surface area contributed by atoms with Gasteiger partial charge in [-0.2, -0.15) is 5.10 Å². The van der Waals surface area contributed by atoms with E-state index in [-0.39, 0.29) is 22.8 Å². The minimum Gasteiger partial charge on any atom is -0.233 e. The average Bonchev–Trinajstić information content (AvgIpc) is 2.74. The second kappa shape index (κ2) is 4.67. The van der Waals surface area contributed by atoms with Gasteiger partial charge in [0.2, 0.25) is 0 Å². The topological polar surface area (TPSA) is 17.8 Å². The van der Waals surface area contributed by atoms with Crippen LogP contribution in [0.2, 0.25) is 0 Å². The van der Waals surface area contributed by atoms with Crippen LogP contribution in [0.15, 0.2) is 54.7 Å². The minimum atomic E-state index is -0.236. The highest BCUT2D eigenvalue weighted by Gasteiger charge is 2.03. The van der Waals surface area contributed by atoms with E-state index in [0.717, 1.165) is 16.6 Å². The molecule has 2 aromatic carbocycles. The molecular formula is C13H10BrFN2. The Morgan fingerprint density at radius 1 is 0.941 bits per heavy atom. The highest BCUT2D eigenvalue weighted by atomic mass is 79.9. The molecule has 0 aliphatic rings. The molecule has 3 aromatic rings. The third kappa shape index (κ3) is 2.08. The number of hydrogen-bond donors (Lipinski definition) is 0. The molecule has 3 rings (SSSR count). The summed E-state index contributed by atoms with van der Waals surface area (Å²) >= 11 is 0. The summed E-state index contributed by atoms with van der Waals surface area (Å²) < 4.78 is 14.6. The van der Waals surface area contributed by atoms with Gasteiger partial charge < -0.3 is 0 Å². The zero-order valence-electron chi connectivity index (χ0n) is 8.88. The Morgan fingerprint density at radius 3 is 2.41 bits per heavy atom. The van der Waals surface area contributed by atoms with E-state index in [2.05, 4.69) is 5.10 Å². The molecule has 0 aliphatic heterocycles. The molecule has 2 nitrogen and oxygen atoms in total. The molecule has 0 amide bonds. The van der Waals surface area contributed by atoms with Crippen molar-refractivity contribution in [1.82, 2.24) is 9.78 Å². The van der Waals surface area contributed by atoms with Crippen molar-refractivity contribution < 1.29 is 4.39 Å². The predicted molar refractivity (Wildman–Crippen MR) is 71.4 cm³/mol.